The van der Waals surface area contributed by atoms with E-state index in [1.54, 1.807) is 7.05 Å². The first kappa shape index (κ1) is 8.15. The fraction of sp³-hybridized carbons (Fsp3) is 0.375. The van der Waals surface area contributed by atoms with Gasteiger partial charge in [-0.2, -0.15) is 0 Å². The highest BCUT2D eigenvalue weighted by Crippen LogP contribution is 1.80. The molecule has 1 heteroatoms. The Labute approximate surface area is 56.8 Å². The summed E-state index contributed by atoms with van der Waals surface area (Å²) in [6, 6.07) is 0. The van der Waals surface area contributed by atoms with E-state index in [0.29, 0.717) is 0 Å². The van der Waals surface area contributed by atoms with E-state index in [2.05, 4.69) is 4.99 Å². The number of rotatable bonds is 2. The van der Waals surface area contributed by atoms with Crippen molar-refractivity contribution in [2.75, 3.05) is 7.05 Å². The smallest absolute Gasteiger partial charge is 0.0313 e. The molecule has 0 aliphatic heterocycles. The Morgan fingerprint density at radius 2 is 2.00 bits per heavy atom. The number of nitrogens with zero attached hydrogens (tertiary/aromatic N) is 1. The van der Waals surface area contributed by atoms with E-state index in [1.807, 2.05) is 38.2 Å². The average molecular weight is 123 g/mol. The normalized spacial score (nSPS) is 13.9. The molecule has 9 heavy (non-hydrogen) atoms. The highest BCUT2D eigenvalue weighted by Gasteiger charge is 1.73. The Morgan fingerprint density at radius 3 is 2.44 bits per heavy atom. The lowest BCUT2D eigenvalue weighted by Gasteiger charge is -1.82. The first-order chi connectivity index (χ1) is 4.31. The quantitative estimate of drug-likeness (QED) is 0.394. The standard InChI is InChI=1S/C8H13N/c1-4-5-6-7-8(2)9-3/h4-7H,1-3H3/b5-4?,7-6-,9-8?. The molecule has 50 valence electrons. The van der Waals surface area contributed by atoms with E-state index < -0.39 is 0 Å². The van der Waals surface area contributed by atoms with Gasteiger partial charge in [0.2, 0.25) is 0 Å². The van der Waals surface area contributed by atoms with Crippen molar-refractivity contribution in [3.63, 3.8) is 0 Å². The van der Waals surface area contributed by atoms with Gasteiger partial charge in [-0.15, -0.1) is 0 Å². The van der Waals surface area contributed by atoms with Gasteiger partial charge in [0.1, 0.15) is 0 Å². The number of hydrogen-bond acceptors (Lipinski definition) is 1. The lowest BCUT2D eigenvalue weighted by molar-refractivity contribution is 1.43. The van der Waals surface area contributed by atoms with Crippen LogP contribution in [0.5, 0.6) is 0 Å². The highest BCUT2D eigenvalue weighted by molar-refractivity contribution is 5.92. The monoisotopic (exact) mass is 123 g/mol. The summed E-state index contributed by atoms with van der Waals surface area (Å²) < 4.78 is 0. The van der Waals surface area contributed by atoms with Crippen molar-refractivity contribution in [3.05, 3.63) is 24.3 Å². The first-order valence-corrected chi connectivity index (χ1v) is 3.04. The van der Waals surface area contributed by atoms with Crippen molar-refractivity contribution < 1.29 is 0 Å². The van der Waals surface area contributed by atoms with Gasteiger partial charge in [-0.05, 0) is 19.9 Å². The van der Waals surface area contributed by atoms with Crippen LogP contribution in [0.3, 0.4) is 0 Å². The SMILES string of the molecule is CC=C/C=C\C(C)=NC. The van der Waals surface area contributed by atoms with Crippen molar-refractivity contribution in [1.82, 2.24) is 0 Å². The van der Waals surface area contributed by atoms with Crippen LogP contribution in [0.2, 0.25) is 0 Å². The molecule has 0 rings (SSSR count). The second kappa shape index (κ2) is 5.29. The summed E-state index contributed by atoms with van der Waals surface area (Å²) in [6.07, 6.45) is 7.91. The van der Waals surface area contributed by atoms with E-state index in [4.69, 9.17) is 0 Å². The van der Waals surface area contributed by atoms with Gasteiger partial charge in [0.05, 0.1) is 0 Å². The highest BCUT2D eigenvalue weighted by atomic mass is 14.7. The van der Waals surface area contributed by atoms with Gasteiger partial charge >= 0.3 is 0 Å². The third-order valence-corrected chi connectivity index (χ3v) is 0.994. The van der Waals surface area contributed by atoms with Crippen LogP contribution in [0.4, 0.5) is 0 Å². The van der Waals surface area contributed by atoms with Crippen LogP contribution in [-0.4, -0.2) is 12.8 Å². The molecule has 0 heterocycles. The Morgan fingerprint density at radius 1 is 1.33 bits per heavy atom. The molecule has 0 radical (unpaired) electrons. The lowest BCUT2D eigenvalue weighted by atomic mass is 10.3. The third kappa shape index (κ3) is 5.01. The minimum absolute atomic E-state index is 1.05. The molecule has 0 bridgehead atoms. The fourth-order valence-corrected chi connectivity index (χ4v) is 0.380. The fourth-order valence-electron chi connectivity index (χ4n) is 0.380. The molecule has 0 saturated carbocycles. The zero-order valence-electron chi connectivity index (χ0n) is 6.26. The van der Waals surface area contributed by atoms with E-state index in [9.17, 15) is 0 Å². The van der Waals surface area contributed by atoms with Crippen LogP contribution >= 0.6 is 0 Å². The maximum atomic E-state index is 3.96. The predicted octanol–water partition coefficient (Wildman–Crippen LogP) is 2.21. The van der Waals surface area contributed by atoms with E-state index in [1.165, 1.54) is 0 Å². The van der Waals surface area contributed by atoms with Crippen molar-refractivity contribution in [1.29, 1.82) is 0 Å². The maximum Gasteiger partial charge on any atom is 0.0313 e. The van der Waals surface area contributed by atoms with Crippen molar-refractivity contribution in [3.8, 4) is 0 Å². The Hall–Kier alpha value is -0.850. The minimum atomic E-state index is 1.05. The molecular weight excluding hydrogens is 110 g/mol. The average Bonchev–Trinajstić information content (AvgIpc) is 1.89. The van der Waals surface area contributed by atoms with E-state index >= 15 is 0 Å². The van der Waals surface area contributed by atoms with Crippen LogP contribution in [0.15, 0.2) is 29.3 Å². The Balaban J connectivity index is 3.71. The molecule has 0 amide bonds. The molecule has 1 nitrogen and oxygen atoms in total. The van der Waals surface area contributed by atoms with Gasteiger partial charge in [0.15, 0.2) is 0 Å². The lowest BCUT2D eigenvalue weighted by Crippen LogP contribution is -1.80. The molecule has 0 saturated heterocycles. The summed E-state index contributed by atoms with van der Waals surface area (Å²) in [5.74, 6) is 0. The van der Waals surface area contributed by atoms with Gasteiger partial charge in [0, 0.05) is 12.8 Å². The molecule has 0 N–H and O–H groups in total. The van der Waals surface area contributed by atoms with Gasteiger partial charge < -0.3 is 0 Å². The number of aliphatic imine (C=N–C) groups is 1. The number of hydrogen-bond donors (Lipinski definition) is 0. The van der Waals surface area contributed by atoms with Gasteiger partial charge in [-0.25, -0.2) is 0 Å². The Bertz CT molecular complexity index is 141. The minimum Gasteiger partial charge on any atom is -0.293 e. The van der Waals surface area contributed by atoms with Crippen molar-refractivity contribution >= 4 is 5.71 Å². The van der Waals surface area contributed by atoms with E-state index in [0.717, 1.165) is 5.71 Å². The molecule has 0 spiro atoms. The summed E-state index contributed by atoms with van der Waals surface area (Å²) in [5, 5.41) is 0. The van der Waals surface area contributed by atoms with Crippen LogP contribution in [0, 0.1) is 0 Å². The largest absolute Gasteiger partial charge is 0.293 e. The second-order valence-corrected chi connectivity index (χ2v) is 1.75. The summed E-state index contributed by atoms with van der Waals surface area (Å²) >= 11 is 0. The Kier molecular flexibility index (Phi) is 4.79. The summed E-state index contributed by atoms with van der Waals surface area (Å²) in [7, 11) is 1.79. The van der Waals surface area contributed by atoms with Gasteiger partial charge in [-0.3, -0.25) is 4.99 Å². The predicted molar refractivity (Wildman–Crippen MR) is 43.0 cm³/mol. The first-order valence-electron chi connectivity index (χ1n) is 3.04. The molecule has 0 aliphatic rings. The topological polar surface area (TPSA) is 12.4 Å². The maximum absolute atomic E-state index is 3.96. The summed E-state index contributed by atoms with van der Waals surface area (Å²) in [6.45, 7) is 3.96. The molecule has 0 atom stereocenters. The molecule has 0 fully saturated rings. The molecule has 0 aliphatic carbocycles. The zero-order chi connectivity index (χ0) is 7.11. The van der Waals surface area contributed by atoms with Crippen LogP contribution in [0.1, 0.15) is 13.8 Å². The van der Waals surface area contributed by atoms with Crippen LogP contribution in [-0.2, 0) is 0 Å². The van der Waals surface area contributed by atoms with Gasteiger partial charge in [0.25, 0.3) is 0 Å². The van der Waals surface area contributed by atoms with Gasteiger partial charge in [-0.1, -0.05) is 18.2 Å². The van der Waals surface area contributed by atoms with Crippen LogP contribution in [0.25, 0.3) is 0 Å². The molecule has 0 aromatic carbocycles. The van der Waals surface area contributed by atoms with E-state index in [-0.39, 0.29) is 0 Å². The summed E-state index contributed by atoms with van der Waals surface area (Å²) in [4.78, 5) is 3.96. The molecule has 0 aromatic rings. The molecule has 0 unspecified atom stereocenters. The third-order valence-electron chi connectivity index (χ3n) is 0.994. The van der Waals surface area contributed by atoms with Crippen molar-refractivity contribution in [2.45, 2.75) is 13.8 Å². The molecular formula is C8H13N. The van der Waals surface area contributed by atoms with Crippen molar-refractivity contribution in [2.24, 2.45) is 4.99 Å². The van der Waals surface area contributed by atoms with Crippen LogP contribution < -0.4 is 0 Å². The second-order valence-electron chi connectivity index (χ2n) is 1.75. The zero-order valence-corrected chi connectivity index (χ0v) is 6.26. The molecule has 0 aromatic heterocycles. The summed E-state index contributed by atoms with van der Waals surface area (Å²) in [5.41, 5.74) is 1.05. The number of allylic oxidation sites excluding steroid dienone is 4.